The van der Waals surface area contributed by atoms with Crippen LogP contribution in [0.1, 0.15) is 27.6 Å². The number of benzene rings is 2. The summed E-state index contributed by atoms with van der Waals surface area (Å²) in [6, 6.07) is 12.0. The molecule has 0 radical (unpaired) electrons. The molecule has 2 amide bonds. The highest BCUT2D eigenvalue weighted by Crippen LogP contribution is 2.19. The van der Waals surface area contributed by atoms with Crippen LogP contribution in [-0.2, 0) is 0 Å². The van der Waals surface area contributed by atoms with E-state index in [0.29, 0.717) is 17.8 Å². The van der Waals surface area contributed by atoms with Crippen LogP contribution in [0, 0.1) is 10.1 Å². The third kappa shape index (κ3) is 3.91. The number of hydrogen-bond acceptors (Lipinski definition) is 4. The zero-order valence-corrected chi connectivity index (χ0v) is 12.4. The van der Waals surface area contributed by atoms with E-state index in [9.17, 15) is 19.7 Å². The summed E-state index contributed by atoms with van der Waals surface area (Å²) in [6.45, 7) is 2.30. The van der Waals surface area contributed by atoms with Crippen molar-refractivity contribution in [3.05, 3.63) is 69.8 Å². The van der Waals surface area contributed by atoms with Crippen molar-refractivity contribution in [2.75, 3.05) is 11.9 Å². The summed E-state index contributed by atoms with van der Waals surface area (Å²) in [6.07, 6.45) is 0. The van der Waals surface area contributed by atoms with E-state index in [1.54, 1.807) is 31.2 Å². The molecule has 0 aliphatic heterocycles. The third-order valence-corrected chi connectivity index (χ3v) is 3.07. The molecule has 118 valence electrons. The van der Waals surface area contributed by atoms with E-state index in [4.69, 9.17) is 0 Å². The lowest BCUT2D eigenvalue weighted by molar-refractivity contribution is -0.385. The second-order valence-electron chi connectivity index (χ2n) is 4.67. The molecule has 0 saturated carbocycles. The lowest BCUT2D eigenvalue weighted by Gasteiger charge is -2.08. The third-order valence-electron chi connectivity index (χ3n) is 3.07. The second kappa shape index (κ2) is 7.17. The monoisotopic (exact) mass is 313 g/mol. The fourth-order valence-corrected chi connectivity index (χ4v) is 2.02. The first kappa shape index (κ1) is 16.2. The van der Waals surface area contributed by atoms with E-state index in [-0.39, 0.29) is 17.2 Å². The molecule has 0 aromatic heterocycles. The van der Waals surface area contributed by atoms with Crippen LogP contribution in [0.15, 0.2) is 48.5 Å². The molecule has 23 heavy (non-hydrogen) atoms. The van der Waals surface area contributed by atoms with Gasteiger partial charge in [-0.15, -0.1) is 0 Å². The summed E-state index contributed by atoms with van der Waals surface area (Å²) < 4.78 is 0. The van der Waals surface area contributed by atoms with Crippen LogP contribution in [0.3, 0.4) is 0 Å². The molecule has 0 fully saturated rings. The SMILES string of the molecule is CCNC(=O)c1cccc(NC(=O)c2ccccc2[N+](=O)[O-])c1. The van der Waals surface area contributed by atoms with E-state index < -0.39 is 10.8 Å². The minimum absolute atomic E-state index is 0.0408. The second-order valence-corrected chi connectivity index (χ2v) is 4.67. The van der Waals surface area contributed by atoms with Crippen molar-refractivity contribution in [3.8, 4) is 0 Å². The van der Waals surface area contributed by atoms with E-state index in [1.165, 1.54) is 24.3 Å². The molecule has 0 bridgehead atoms. The van der Waals surface area contributed by atoms with Crippen LogP contribution >= 0.6 is 0 Å². The molecule has 7 heteroatoms. The van der Waals surface area contributed by atoms with Crippen LogP contribution in [0.4, 0.5) is 11.4 Å². The Kier molecular flexibility index (Phi) is 5.03. The lowest BCUT2D eigenvalue weighted by Crippen LogP contribution is -2.22. The van der Waals surface area contributed by atoms with Crippen molar-refractivity contribution < 1.29 is 14.5 Å². The Morgan fingerprint density at radius 3 is 2.52 bits per heavy atom. The molecular formula is C16H15N3O4. The minimum atomic E-state index is -0.611. The predicted octanol–water partition coefficient (Wildman–Crippen LogP) is 2.60. The minimum Gasteiger partial charge on any atom is -0.352 e. The predicted molar refractivity (Wildman–Crippen MR) is 85.5 cm³/mol. The Labute approximate surface area is 132 Å². The van der Waals surface area contributed by atoms with Gasteiger partial charge in [0.05, 0.1) is 4.92 Å². The first-order chi connectivity index (χ1) is 11.0. The Morgan fingerprint density at radius 2 is 1.83 bits per heavy atom. The van der Waals surface area contributed by atoms with Gasteiger partial charge in [0, 0.05) is 23.9 Å². The maximum absolute atomic E-state index is 12.2. The number of nitrogens with one attached hydrogen (secondary N) is 2. The van der Waals surface area contributed by atoms with E-state index in [2.05, 4.69) is 10.6 Å². The number of amides is 2. The van der Waals surface area contributed by atoms with Gasteiger partial charge >= 0.3 is 0 Å². The molecule has 2 aromatic rings. The highest BCUT2D eigenvalue weighted by molar-refractivity contribution is 6.07. The number of hydrogen-bond donors (Lipinski definition) is 2. The molecule has 0 heterocycles. The smallest absolute Gasteiger partial charge is 0.282 e. The first-order valence-electron chi connectivity index (χ1n) is 6.96. The van der Waals surface area contributed by atoms with Gasteiger partial charge in [0.25, 0.3) is 17.5 Å². The molecular weight excluding hydrogens is 298 g/mol. The number of carbonyl (C=O) groups excluding carboxylic acids is 2. The molecule has 7 nitrogen and oxygen atoms in total. The van der Waals surface area contributed by atoms with Gasteiger partial charge in [-0.25, -0.2) is 0 Å². The zero-order chi connectivity index (χ0) is 16.8. The van der Waals surface area contributed by atoms with Crippen molar-refractivity contribution in [1.82, 2.24) is 5.32 Å². The van der Waals surface area contributed by atoms with Crippen LogP contribution < -0.4 is 10.6 Å². The number of para-hydroxylation sites is 1. The zero-order valence-electron chi connectivity index (χ0n) is 12.4. The van der Waals surface area contributed by atoms with Crippen molar-refractivity contribution >= 4 is 23.2 Å². The number of nitrogens with zero attached hydrogens (tertiary/aromatic N) is 1. The highest BCUT2D eigenvalue weighted by atomic mass is 16.6. The Bertz CT molecular complexity index is 758. The van der Waals surface area contributed by atoms with Crippen molar-refractivity contribution in [1.29, 1.82) is 0 Å². The summed E-state index contributed by atoms with van der Waals surface area (Å²) in [5.41, 5.74) is 0.468. The van der Waals surface area contributed by atoms with Gasteiger partial charge < -0.3 is 10.6 Å². The van der Waals surface area contributed by atoms with Gasteiger partial charge in [0.2, 0.25) is 0 Å². The molecule has 0 saturated heterocycles. The fraction of sp³-hybridized carbons (Fsp3) is 0.125. The van der Waals surface area contributed by atoms with E-state index in [1.807, 2.05) is 0 Å². The molecule has 0 unspecified atom stereocenters. The standard InChI is InChI=1S/C16H15N3O4/c1-2-17-15(20)11-6-5-7-12(10-11)18-16(21)13-8-3-4-9-14(13)19(22)23/h3-10H,2H2,1H3,(H,17,20)(H,18,21). The maximum Gasteiger partial charge on any atom is 0.282 e. The Balaban J connectivity index is 2.23. The summed E-state index contributed by atoms with van der Waals surface area (Å²) in [4.78, 5) is 34.4. The summed E-state index contributed by atoms with van der Waals surface area (Å²) in [5.74, 6) is -0.861. The molecule has 0 spiro atoms. The van der Waals surface area contributed by atoms with Gasteiger partial charge in [-0.3, -0.25) is 19.7 Å². The Hall–Kier alpha value is -3.22. The molecule has 0 aliphatic rings. The largest absolute Gasteiger partial charge is 0.352 e. The molecule has 0 aliphatic carbocycles. The maximum atomic E-state index is 12.2. The van der Waals surface area contributed by atoms with Crippen molar-refractivity contribution in [2.45, 2.75) is 6.92 Å². The van der Waals surface area contributed by atoms with E-state index in [0.717, 1.165) is 0 Å². The van der Waals surface area contributed by atoms with Crippen molar-refractivity contribution in [3.63, 3.8) is 0 Å². The number of rotatable bonds is 5. The van der Waals surface area contributed by atoms with Gasteiger partial charge in [0.1, 0.15) is 5.56 Å². The normalized spacial score (nSPS) is 9.96. The first-order valence-corrected chi connectivity index (χ1v) is 6.96. The van der Waals surface area contributed by atoms with Crippen LogP contribution in [0.2, 0.25) is 0 Å². The summed E-state index contributed by atoms with van der Waals surface area (Å²) in [5, 5.41) is 16.2. The highest BCUT2D eigenvalue weighted by Gasteiger charge is 2.19. The topological polar surface area (TPSA) is 101 Å². The summed E-state index contributed by atoms with van der Waals surface area (Å²) >= 11 is 0. The Morgan fingerprint density at radius 1 is 1.09 bits per heavy atom. The molecule has 2 rings (SSSR count). The summed E-state index contributed by atoms with van der Waals surface area (Å²) in [7, 11) is 0. The molecule has 2 aromatic carbocycles. The number of nitro benzene ring substituents is 1. The van der Waals surface area contributed by atoms with Crippen molar-refractivity contribution in [2.24, 2.45) is 0 Å². The van der Waals surface area contributed by atoms with E-state index >= 15 is 0 Å². The average molecular weight is 313 g/mol. The average Bonchev–Trinajstić information content (AvgIpc) is 2.55. The number of nitro groups is 1. The quantitative estimate of drug-likeness (QED) is 0.654. The van der Waals surface area contributed by atoms with Gasteiger partial charge in [-0.05, 0) is 31.2 Å². The number of anilines is 1. The number of carbonyl (C=O) groups is 2. The molecule has 0 atom stereocenters. The van der Waals surface area contributed by atoms with Crippen LogP contribution in [0.5, 0.6) is 0 Å². The van der Waals surface area contributed by atoms with Gasteiger partial charge in [0.15, 0.2) is 0 Å². The lowest BCUT2D eigenvalue weighted by atomic mass is 10.1. The fourth-order valence-electron chi connectivity index (χ4n) is 2.02. The molecule has 2 N–H and O–H groups in total. The van der Waals surface area contributed by atoms with Crippen LogP contribution in [-0.4, -0.2) is 23.3 Å². The van der Waals surface area contributed by atoms with Gasteiger partial charge in [-0.1, -0.05) is 18.2 Å². The van der Waals surface area contributed by atoms with Crippen LogP contribution in [0.25, 0.3) is 0 Å². The van der Waals surface area contributed by atoms with Gasteiger partial charge in [-0.2, -0.15) is 0 Å².